The molecule has 3 rings (SSSR count). The van der Waals surface area contributed by atoms with Crippen LogP contribution in [-0.2, 0) is 12.5 Å². The Morgan fingerprint density at radius 1 is 1.20 bits per heavy atom. The number of amides is 1. The predicted octanol–water partition coefficient (Wildman–Crippen LogP) is 3.76. The summed E-state index contributed by atoms with van der Waals surface area (Å²) >= 11 is 0. The van der Waals surface area contributed by atoms with Crippen LogP contribution in [0.25, 0.3) is 11.3 Å². The molecule has 0 radical (unpaired) electrons. The topological polar surface area (TPSA) is 73.0 Å². The van der Waals surface area contributed by atoms with Crippen LogP contribution in [0.4, 0.5) is 10.3 Å². The van der Waals surface area contributed by atoms with Gasteiger partial charge in [-0.1, -0.05) is 25.9 Å². The van der Waals surface area contributed by atoms with E-state index >= 15 is 0 Å². The first-order valence-corrected chi connectivity index (χ1v) is 7.82. The van der Waals surface area contributed by atoms with Gasteiger partial charge in [-0.15, -0.1) is 0 Å². The van der Waals surface area contributed by atoms with Gasteiger partial charge in [0, 0.05) is 24.1 Å². The lowest BCUT2D eigenvalue weighted by molar-refractivity contribution is 0.101. The maximum atomic E-state index is 13.0. The number of rotatable bonds is 3. The average molecular weight is 342 g/mol. The predicted molar refractivity (Wildman–Crippen MR) is 91.8 cm³/mol. The van der Waals surface area contributed by atoms with Gasteiger partial charge in [0.2, 0.25) is 5.88 Å². The van der Waals surface area contributed by atoms with Crippen molar-refractivity contribution in [1.82, 2.24) is 14.9 Å². The molecule has 0 fully saturated rings. The third-order valence-electron chi connectivity index (χ3n) is 3.77. The van der Waals surface area contributed by atoms with Crippen LogP contribution < -0.4 is 5.32 Å². The molecule has 2 aromatic heterocycles. The number of halogens is 1. The molecular formula is C18H19FN4O2. The van der Waals surface area contributed by atoms with Crippen LogP contribution in [0, 0.1) is 5.82 Å². The second-order valence-electron chi connectivity index (χ2n) is 6.83. The Labute approximate surface area is 144 Å². The van der Waals surface area contributed by atoms with Crippen molar-refractivity contribution in [1.29, 1.82) is 0 Å². The summed E-state index contributed by atoms with van der Waals surface area (Å²) in [5, 5.41) is 11.0. The van der Waals surface area contributed by atoms with Gasteiger partial charge in [0.25, 0.3) is 5.91 Å². The van der Waals surface area contributed by atoms with Crippen molar-refractivity contribution in [3.63, 3.8) is 0 Å². The van der Waals surface area contributed by atoms with Crippen LogP contribution in [0.3, 0.4) is 0 Å². The van der Waals surface area contributed by atoms with Crippen molar-refractivity contribution >= 4 is 11.8 Å². The van der Waals surface area contributed by atoms with E-state index in [2.05, 4.69) is 15.6 Å². The van der Waals surface area contributed by atoms with E-state index < -0.39 is 0 Å². The molecule has 0 unspecified atom stereocenters. The van der Waals surface area contributed by atoms with Gasteiger partial charge in [0.15, 0.2) is 0 Å². The van der Waals surface area contributed by atoms with E-state index in [0.29, 0.717) is 11.4 Å². The highest BCUT2D eigenvalue weighted by Gasteiger charge is 2.21. The number of aryl methyl sites for hydroxylation is 1. The number of carbonyl (C=O) groups is 1. The molecule has 0 saturated carbocycles. The summed E-state index contributed by atoms with van der Waals surface area (Å²) in [6.45, 7) is 6.02. The Hall–Kier alpha value is -2.96. The molecule has 6 nitrogen and oxygen atoms in total. The standard InChI is InChI=1S/C18H19FN4O2/c1-18(2,3)15-10-16(25-22-15)20-17(24)14-9-13(21-23(14)4)11-5-7-12(19)8-6-11/h5-10H,1-4H3,(H,20,24). The van der Waals surface area contributed by atoms with Crippen molar-refractivity contribution < 1.29 is 13.7 Å². The lowest BCUT2D eigenvalue weighted by Gasteiger charge is -2.12. The number of anilines is 1. The van der Waals surface area contributed by atoms with Crippen molar-refractivity contribution in [2.75, 3.05) is 5.32 Å². The Kier molecular flexibility index (Phi) is 4.16. The summed E-state index contributed by atoms with van der Waals surface area (Å²) in [7, 11) is 1.67. The fourth-order valence-electron chi connectivity index (χ4n) is 2.30. The molecule has 0 bridgehead atoms. The van der Waals surface area contributed by atoms with Crippen LogP contribution >= 0.6 is 0 Å². The molecule has 1 aromatic carbocycles. The molecule has 2 heterocycles. The summed E-state index contributed by atoms with van der Waals surface area (Å²) in [6.07, 6.45) is 0. The van der Waals surface area contributed by atoms with Crippen molar-refractivity contribution in [2.24, 2.45) is 7.05 Å². The molecular weight excluding hydrogens is 323 g/mol. The molecule has 7 heteroatoms. The highest BCUT2D eigenvalue weighted by Crippen LogP contribution is 2.24. The van der Waals surface area contributed by atoms with Gasteiger partial charge in [-0.25, -0.2) is 4.39 Å². The number of aromatic nitrogens is 3. The number of nitrogens with zero attached hydrogens (tertiary/aromatic N) is 3. The molecule has 0 aliphatic carbocycles. The van der Waals surface area contributed by atoms with E-state index in [1.807, 2.05) is 20.8 Å². The van der Waals surface area contributed by atoms with Gasteiger partial charge in [-0.2, -0.15) is 5.10 Å². The van der Waals surface area contributed by atoms with E-state index in [0.717, 1.165) is 11.3 Å². The van der Waals surface area contributed by atoms with Crippen LogP contribution in [0.1, 0.15) is 37.0 Å². The van der Waals surface area contributed by atoms with Crippen molar-refractivity contribution in [3.8, 4) is 11.3 Å². The van der Waals surface area contributed by atoms with E-state index in [9.17, 15) is 9.18 Å². The van der Waals surface area contributed by atoms with Gasteiger partial charge in [-0.05, 0) is 30.3 Å². The van der Waals surface area contributed by atoms with Gasteiger partial charge in [0.05, 0.1) is 11.4 Å². The molecule has 1 amide bonds. The van der Waals surface area contributed by atoms with E-state index in [-0.39, 0.29) is 23.0 Å². The number of carbonyl (C=O) groups excluding carboxylic acids is 1. The normalized spacial score (nSPS) is 11.6. The zero-order chi connectivity index (χ0) is 18.2. The molecule has 0 aliphatic heterocycles. The number of hydrogen-bond donors (Lipinski definition) is 1. The van der Waals surface area contributed by atoms with Crippen molar-refractivity contribution in [3.05, 3.63) is 53.6 Å². The summed E-state index contributed by atoms with van der Waals surface area (Å²) in [6, 6.07) is 9.29. The maximum absolute atomic E-state index is 13.0. The summed E-state index contributed by atoms with van der Waals surface area (Å²) < 4.78 is 19.7. The Morgan fingerprint density at radius 3 is 2.48 bits per heavy atom. The molecule has 0 spiro atoms. The SMILES string of the molecule is Cn1nc(-c2ccc(F)cc2)cc1C(=O)Nc1cc(C(C)(C)C)no1. The molecule has 0 atom stereocenters. The van der Waals surface area contributed by atoms with Crippen LogP contribution in [-0.4, -0.2) is 20.8 Å². The Morgan fingerprint density at radius 2 is 1.88 bits per heavy atom. The summed E-state index contributed by atoms with van der Waals surface area (Å²) in [4.78, 5) is 12.5. The monoisotopic (exact) mass is 342 g/mol. The summed E-state index contributed by atoms with van der Waals surface area (Å²) in [5.74, 6) is -0.406. The molecule has 3 aromatic rings. The van der Waals surface area contributed by atoms with E-state index in [1.54, 1.807) is 31.3 Å². The highest BCUT2D eigenvalue weighted by molar-refractivity contribution is 6.03. The second kappa shape index (κ2) is 6.16. The lowest BCUT2D eigenvalue weighted by Crippen LogP contribution is -2.15. The van der Waals surface area contributed by atoms with Gasteiger partial charge in [0.1, 0.15) is 11.5 Å². The third-order valence-corrected chi connectivity index (χ3v) is 3.77. The molecule has 0 aliphatic rings. The molecule has 1 N–H and O–H groups in total. The van der Waals surface area contributed by atoms with Crippen molar-refractivity contribution in [2.45, 2.75) is 26.2 Å². The quantitative estimate of drug-likeness (QED) is 0.786. The number of benzene rings is 1. The fraction of sp³-hybridized carbons (Fsp3) is 0.278. The average Bonchev–Trinajstić information content (AvgIpc) is 3.14. The first-order chi connectivity index (χ1) is 11.7. The largest absolute Gasteiger partial charge is 0.338 e. The minimum atomic E-state index is -0.361. The fourth-order valence-corrected chi connectivity index (χ4v) is 2.30. The minimum absolute atomic E-state index is 0.172. The van der Waals surface area contributed by atoms with Crippen LogP contribution in [0.5, 0.6) is 0 Å². The summed E-state index contributed by atoms with van der Waals surface area (Å²) in [5.41, 5.74) is 2.24. The van der Waals surface area contributed by atoms with Crippen LogP contribution in [0.2, 0.25) is 0 Å². The Balaban J connectivity index is 1.81. The Bertz CT molecular complexity index is 904. The second-order valence-corrected chi connectivity index (χ2v) is 6.83. The van der Waals surface area contributed by atoms with E-state index in [1.165, 1.54) is 16.8 Å². The van der Waals surface area contributed by atoms with Gasteiger partial charge in [-0.3, -0.25) is 14.8 Å². The maximum Gasteiger partial charge on any atom is 0.276 e. The zero-order valence-corrected chi connectivity index (χ0v) is 14.5. The first-order valence-electron chi connectivity index (χ1n) is 7.82. The van der Waals surface area contributed by atoms with E-state index in [4.69, 9.17) is 4.52 Å². The number of hydrogen-bond acceptors (Lipinski definition) is 4. The lowest BCUT2D eigenvalue weighted by atomic mass is 9.92. The van der Waals surface area contributed by atoms with Gasteiger partial charge >= 0.3 is 0 Å². The molecule has 0 saturated heterocycles. The minimum Gasteiger partial charge on any atom is -0.338 e. The molecule has 130 valence electrons. The third kappa shape index (κ3) is 3.60. The van der Waals surface area contributed by atoms with Crippen LogP contribution in [0.15, 0.2) is 40.9 Å². The highest BCUT2D eigenvalue weighted by atomic mass is 19.1. The first kappa shape index (κ1) is 16.9. The zero-order valence-electron chi connectivity index (χ0n) is 14.5. The molecule has 25 heavy (non-hydrogen) atoms. The van der Waals surface area contributed by atoms with Gasteiger partial charge < -0.3 is 4.52 Å². The number of nitrogens with one attached hydrogen (secondary N) is 1. The smallest absolute Gasteiger partial charge is 0.276 e.